The zero-order valence-electron chi connectivity index (χ0n) is 14.7. The molecule has 0 N–H and O–H groups in total. The van der Waals surface area contributed by atoms with Crippen LogP contribution < -0.4 is 5.63 Å². The van der Waals surface area contributed by atoms with Gasteiger partial charge in [0.1, 0.15) is 0 Å². The van der Waals surface area contributed by atoms with E-state index in [1.165, 1.54) is 0 Å². The van der Waals surface area contributed by atoms with Crippen molar-refractivity contribution in [3.8, 4) is 22.3 Å². The summed E-state index contributed by atoms with van der Waals surface area (Å²) < 4.78 is 5.65. The third-order valence-electron chi connectivity index (χ3n) is 4.79. The minimum Gasteiger partial charge on any atom is -0.403 e. The van der Waals surface area contributed by atoms with Gasteiger partial charge in [-0.05, 0) is 35.4 Å². The van der Waals surface area contributed by atoms with E-state index in [-0.39, 0.29) is 0 Å². The van der Waals surface area contributed by atoms with Crippen LogP contribution in [0.4, 0.5) is 0 Å². The summed E-state index contributed by atoms with van der Waals surface area (Å²) in [4.78, 5) is 17.2. The summed E-state index contributed by atoms with van der Waals surface area (Å²) in [5.74, 6) is 0. The molecular weight excluding hydrogens is 370 g/mol. The largest absolute Gasteiger partial charge is 0.403 e. The van der Waals surface area contributed by atoms with Crippen LogP contribution in [0.1, 0.15) is 0 Å². The molecule has 5 aromatic rings. The average Bonchev–Trinajstić information content (AvgIpc) is 2.73. The van der Waals surface area contributed by atoms with Crippen molar-refractivity contribution in [2.75, 3.05) is 0 Å². The van der Waals surface area contributed by atoms with Crippen molar-refractivity contribution in [1.82, 2.24) is 4.98 Å². The second-order valence-corrected chi connectivity index (χ2v) is 6.98. The van der Waals surface area contributed by atoms with Crippen molar-refractivity contribution in [2.24, 2.45) is 0 Å². The second kappa shape index (κ2) is 6.63. The van der Waals surface area contributed by atoms with Gasteiger partial charge in [0.25, 0.3) is 0 Å². The predicted molar refractivity (Wildman–Crippen MR) is 114 cm³/mol. The minimum absolute atomic E-state index is 0.318. The lowest BCUT2D eigenvalue weighted by atomic mass is 9.96. The lowest BCUT2D eigenvalue weighted by molar-refractivity contribution is 0.553. The van der Waals surface area contributed by atoms with Gasteiger partial charge < -0.3 is 4.42 Å². The molecule has 0 amide bonds. The van der Waals surface area contributed by atoms with Gasteiger partial charge >= 0.3 is 5.63 Å². The number of halogens is 1. The van der Waals surface area contributed by atoms with Gasteiger partial charge in [-0.25, -0.2) is 9.78 Å². The fourth-order valence-corrected chi connectivity index (χ4v) is 3.69. The molecule has 0 aliphatic rings. The maximum absolute atomic E-state index is 12.6. The van der Waals surface area contributed by atoms with Crippen LogP contribution in [-0.2, 0) is 0 Å². The second-order valence-electron chi connectivity index (χ2n) is 6.55. The molecule has 3 aromatic carbocycles. The number of pyridine rings is 1. The SMILES string of the molecule is O=c1oc2nc3ccc(Cl)cc3c(-c3ccccc3)c2cc1-c1ccccc1. The Bertz CT molecular complexity index is 1380. The highest BCUT2D eigenvalue weighted by Gasteiger charge is 2.16. The van der Waals surface area contributed by atoms with E-state index in [4.69, 9.17) is 16.0 Å². The summed E-state index contributed by atoms with van der Waals surface area (Å²) in [5, 5.41) is 2.32. The van der Waals surface area contributed by atoms with E-state index < -0.39 is 5.63 Å². The van der Waals surface area contributed by atoms with E-state index >= 15 is 0 Å². The van der Waals surface area contributed by atoms with Gasteiger partial charge in [-0.1, -0.05) is 72.3 Å². The highest BCUT2D eigenvalue weighted by atomic mass is 35.5. The monoisotopic (exact) mass is 383 g/mol. The highest BCUT2D eigenvalue weighted by molar-refractivity contribution is 6.31. The topological polar surface area (TPSA) is 43.1 Å². The van der Waals surface area contributed by atoms with Crippen molar-refractivity contribution < 1.29 is 4.42 Å². The summed E-state index contributed by atoms with van der Waals surface area (Å²) in [6, 6.07) is 26.9. The molecule has 0 aliphatic heterocycles. The van der Waals surface area contributed by atoms with Gasteiger partial charge in [-0.2, -0.15) is 0 Å². The predicted octanol–water partition coefficient (Wildman–Crippen LogP) is 6.33. The Hall–Kier alpha value is -3.43. The molecule has 0 fully saturated rings. The number of hydrogen-bond acceptors (Lipinski definition) is 3. The quantitative estimate of drug-likeness (QED) is 0.334. The third kappa shape index (κ3) is 2.77. The first kappa shape index (κ1) is 16.7. The van der Waals surface area contributed by atoms with Crippen LogP contribution in [0.15, 0.2) is 94.1 Å². The molecule has 0 bridgehead atoms. The average molecular weight is 384 g/mol. The van der Waals surface area contributed by atoms with Gasteiger partial charge in [-0.3, -0.25) is 0 Å². The van der Waals surface area contributed by atoms with E-state index in [1.54, 1.807) is 6.07 Å². The lowest BCUT2D eigenvalue weighted by Gasteiger charge is -2.12. The summed E-state index contributed by atoms with van der Waals surface area (Å²) in [5.41, 5.74) is 3.92. The van der Waals surface area contributed by atoms with Crippen LogP contribution in [0.5, 0.6) is 0 Å². The normalized spacial score (nSPS) is 11.2. The molecule has 0 unspecified atom stereocenters. The summed E-state index contributed by atoms with van der Waals surface area (Å²) in [7, 11) is 0. The molecule has 3 nitrogen and oxygen atoms in total. The molecule has 0 spiro atoms. The van der Waals surface area contributed by atoms with Crippen LogP contribution >= 0.6 is 11.6 Å². The Morgan fingerprint density at radius 2 is 1.43 bits per heavy atom. The van der Waals surface area contributed by atoms with Crippen LogP contribution in [0.2, 0.25) is 5.02 Å². The number of fused-ring (bicyclic) bond motifs is 2. The maximum Gasteiger partial charge on any atom is 0.345 e. The summed E-state index contributed by atoms with van der Waals surface area (Å²) in [6.07, 6.45) is 0. The molecule has 0 aliphatic carbocycles. The third-order valence-corrected chi connectivity index (χ3v) is 5.03. The standard InChI is InChI=1S/C24H14ClNO2/c25-17-11-12-21-19(13-17)22(16-9-5-2-6-10-16)20-14-18(15-7-3-1-4-8-15)24(27)28-23(20)26-21/h1-14H. The lowest BCUT2D eigenvalue weighted by Crippen LogP contribution is -2.04. The number of hydrogen-bond donors (Lipinski definition) is 0. The molecule has 2 heterocycles. The molecule has 4 heteroatoms. The van der Waals surface area contributed by atoms with Gasteiger partial charge in [0.2, 0.25) is 5.71 Å². The summed E-state index contributed by atoms with van der Waals surface area (Å²) in [6.45, 7) is 0. The Morgan fingerprint density at radius 3 is 2.14 bits per heavy atom. The van der Waals surface area contributed by atoms with Gasteiger partial charge in [0, 0.05) is 21.4 Å². The Balaban J connectivity index is 1.95. The zero-order chi connectivity index (χ0) is 19.1. The first-order valence-corrected chi connectivity index (χ1v) is 9.26. The first-order chi connectivity index (χ1) is 13.7. The van der Waals surface area contributed by atoms with E-state index in [1.807, 2.05) is 78.9 Å². The number of aromatic nitrogens is 1. The van der Waals surface area contributed by atoms with Crippen molar-refractivity contribution in [3.63, 3.8) is 0 Å². The Morgan fingerprint density at radius 1 is 0.750 bits per heavy atom. The van der Waals surface area contributed by atoms with E-state index in [0.29, 0.717) is 16.3 Å². The van der Waals surface area contributed by atoms with Crippen molar-refractivity contribution in [2.45, 2.75) is 0 Å². The Kier molecular flexibility index (Phi) is 3.96. The Labute approximate surface area is 165 Å². The fraction of sp³-hybridized carbons (Fsp3) is 0. The fourth-order valence-electron chi connectivity index (χ4n) is 3.52. The molecule has 0 saturated heterocycles. The van der Waals surface area contributed by atoms with Crippen LogP contribution in [0.3, 0.4) is 0 Å². The van der Waals surface area contributed by atoms with Crippen molar-refractivity contribution >= 4 is 33.6 Å². The van der Waals surface area contributed by atoms with Gasteiger partial charge in [0.05, 0.1) is 11.1 Å². The smallest absolute Gasteiger partial charge is 0.345 e. The summed E-state index contributed by atoms with van der Waals surface area (Å²) >= 11 is 6.28. The molecule has 0 atom stereocenters. The first-order valence-electron chi connectivity index (χ1n) is 8.89. The van der Waals surface area contributed by atoms with E-state index in [2.05, 4.69) is 4.98 Å². The molecule has 0 radical (unpaired) electrons. The van der Waals surface area contributed by atoms with Crippen LogP contribution in [0, 0.1) is 0 Å². The van der Waals surface area contributed by atoms with Gasteiger partial charge in [0.15, 0.2) is 0 Å². The number of nitrogens with zero attached hydrogens (tertiary/aromatic N) is 1. The van der Waals surface area contributed by atoms with Gasteiger partial charge in [-0.15, -0.1) is 0 Å². The van der Waals surface area contributed by atoms with Crippen LogP contribution in [0.25, 0.3) is 44.3 Å². The maximum atomic E-state index is 12.6. The number of rotatable bonds is 2. The molecular formula is C24H14ClNO2. The van der Waals surface area contributed by atoms with E-state index in [0.717, 1.165) is 33.0 Å². The highest BCUT2D eigenvalue weighted by Crippen LogP contribution is 2.36. The zero-order valence-corrected chi connectivity index (χ0v) is 15.5. The van der Waals surface area contributed by atoms with Crippen molar-refractivity contribution in [1.29, 1.82) is 0 Å². The molecule has 134 valence electrons. The van der Waals surface area contributed by atoms with E-state index in [9.17, 15) is 4.79 Å². The molecule has 0 saturated carbocycles. The molecule has 2 aromatic heterocycles. The molecule has 28 heavy (non-hydrogen) atoms. The number of benzene rings is 3. The minimum atomic E-state index is -0.404. The van der Waals surface area contributed by atoms with Crippen LogP contribution in [-0.4, -0.2) is 4.98 Å². The van der Waals surface area contributed by atoms with Crippen molar-refractivity contribution in [3.05, 3.63) is 100 Å². The molecule has 5 rings (SSSR count).